The highest BCUT2D eigenvalue weighted by atomic mass is 16.5. The van der Waals surface area contributed by atoms with Gasteiger partial charge in [0, 0.05) is 26.4 Å². The summed E-state index contributed by atoms with van der Waals surface area (Å²) in [6, 6.07) is 0. The van der Waals surface area contributed by atoms with Crippen molar-refractivity contribution in [3.63, 3.8) is 0 Å². The molecule has 1 amide bonds. The Hall–Kier alpha value is -1.43. The molecule has 0 unspecified atom stereocenters. The Balaban J connectivity index is 2.08. The predicted molar refractivity (Wildman–Crippen MR) is 61.0 cm³/mol. The van der Waals surface area contributed by atoms with Gasteiger partial charge in [-0.25, -0.2) is 0 Å². The predicted octanol–water partition coefficient (Wildman–Crippen LogP) is 0.428. The molecule has 0 aromatic carbocycles. The second-order valence-electron chi connectivity index (χ2n) is 4.53. The monoisotopic (exact) mass is 238 g/mol. The molecule has 0 radical (unpaired) electrons. The van der Waals surface area contributed by atoms with Crippen molar-refractivity contribution in [2.45, 2.75) is 38.6 Å². The zero-order chi connectivity index (χ0) is 12.5. The number of nitrogens with two attached hydrogens (primary N) is 1. The average Bonchev–Trinajstić information content (AvgIpc) is 2.78. The van der Waals surface area contributed by atoms with Gasteiger partial charge in [-0.15, -0.1) is 0 Å². The smallest absolute Gasteiger partial charge is 0.226 e. The van der Waals surface area contributed by atoms with E-state index in [1.165, 1.54) is 0 Å². The van der Waals surface area contributed by atoms with Crippen LogP contribution >= 0.6 is 0 Å². The highest BCUT2D eigenvalue weighted by molar-refractivity contribution is 5.73. The lowest BCUT2D eigenvalue weighted by molar-refractivity contribution is -0.130. The van der Waals surface area contributed by atoms with Gasteiger partial charge in [0.05, 0.1) is 5.54 Å². The van der Waals surface area contributed by atoms with Crippen LogP contribution in [0.1, 0.15) is 38.4 Å². The number of aryl methyl sites for hydroxylation is 1. The van der Waals surface area contributed by atoms with E-state index in [1.807, 2.05) is 6.92 Å². The third-order valence-corrected chi connectivity index (χ3v) is 3.32. The molecule has 1 aromatic heterocycles. The minimum atomic E-state index is -0.553. The number of hydrogen-bond acceptors (Lipinski definition) is 5. The van der Waals surface area contributed by atoms with Gasteiger partial charge >= 0.3 is 0 Å². The van der Waals surface area contributed by atoms with Crippen molar-refractivity contribution in [3.05, 3.63) is 11.7 Å². The summed E-state index contributed by atoms with van der Waals surface area (Å²) in [5.74, 6) is 1.27. The molecule has 1 saturated heterocycles. The topological polar surface area (TPSA) is 85.2 Å². The largest absolute Gasteiger partial charge is 0.343 e. The number of carbonyl (C=O) groups excluding carboxylic acids is 1. The van der Waals surface area contributed by atoms with Crippen LogP contribution in [0.3, 0.4) is 0 Å². The maximum atomic E-state index is 11.2. The molecule has 1 aromatic rings. The van der Waals surface area contributed by atoms with E-state index >= 15 is 0 Å². The van der Waals surface area contributed by atoms with Crippen LogP contribution in [-0.2, 0) is 16.8 Å². The van der Waals surface area contributed by atoms with Gasteiger partial charge in [0.25, 0.3) is 0 Å². The summed E-state index contributed by atoms with van der Waals surface area (Å²) in [7, 11) is 0. The van der Waals surface area contributed by atoms with Crippen LogP contribution in [0.15, 0.2) is 4.52 Å². The number of amides is 1. The minimum Gasteiger partial charge on any atom is -0.343 e. The lowest BCUT2D eigenvalue weighted by Gasteiger charge is -2.36. The fourth-order valence-corrected chi connectivity index (χ4v) is 2.04. The fourth-order valence-electron chi connectivity index (χ4n) is 2.04. The normalized spacial score (nSPS) is 19.4. The molecule has 2 N–H and O–H groups in total. The molecule has 0 aliphatic carbocycles. The molecule has 2 rings (SSSR count). The molecule has 94 valence electrons. The number of nitrogens with zero attached hydrogens (tertiary/aromatic N) is 3. The zero-order valence-electron chi connectivity index (χ0n) is 10.3. The number of aromatic nitrogens is 2. The van der Waals surface area contributed by atoms with Gasteiger partial charge in [-0.2, -0.15) is 4.98 Å². The van der Waals surface area contributed by atoms with E-state index in [0.29, 0.717) is 44.1 Å². The number of piperidine rings is 1. The molecule has 0 saturated carbocycles. The number of carbonyl (C=O) groups is 1. The molecular weight excluding hydrogens is 220 g/mol. The number of rotatable bonds is 2. The highest BCUT2D eigenvalue weighted by Crippen LogP contribution is 2.28. The standard InChI is InChI=1S/C11H18N4O2/c1-3-9-13-10(14-17-9)11(12)4-6-15(7-5-11)8(2)16/h3-7,12H2,1-2H3. The maximum absolute atomic E-state index is 11.2. The summed E-state index contributed by atoms with van der Waals surface area (Å²) < 4.78 is 5.08. The summed E-state index contributed by atoms with van der Waals surface area (Å²) in [6.45, 7) is 4.84. The van der Waals surface area contributed by atoms with Crippen molar-refractivity contribution in [2.75, 3.05) is 13.1 Å². The van der Waals surface area contributed by atoms with E-state index in [1.54, 1.807) is 11.8 Å². The van der Waals surface area contributed by atoms with Crippen LogP contribution in [0.5, 0.6) is 0 Å². The SMILES string of the molecule is CCc1nc(C2(N)CCN(C(C)=O)CC2)no1. The Kier molecular flexibility index (Phi) is 3.15. The quantitative estimate of drug-likeness (QED) is 0.807. The summed E-state index contributed by atoms with van der Waals surface area (Å²) in [5.41, 5.74) is 5.74. The lowest BCUT2D eigenvalue weighted by Crippen LogP contribution is -2.49. The van der Waals surface area contributed by atoms with Crippen LogP contribution < -0.4 is 5.73 Å². The lowest BCUT2D eigenvalue weighted by atomic mass is 9.88. The Labute approximate surface area is 100 Å². The first-order valence-electron chi connectivity index (χ1n) is 5.92. The zero-order valence-corrected chi connectivity index (χ0v) is 10.3. The molecule has 1 fully saturated rings. The molecule has 1 aliphatic rings. The molecule has 1 aliphatic heterocycles. The van der Waals surface area contributed by atoms with E-state index in [4.69, 9.17) is 10.3 Å². The second-order valence-corrected chi connectivity index (χ2v) is 4.53. The maximum Gasteiger partial charge on any atom is 0.226 e. The van der Waals surface area contributed by atoms with Crippen molar-refractivity contribution >= 4 is 5.91 Å². The van der Waals surface area contributed by atoms with Crippen LogP contribution in [0.4, 0.5) is 0 Å². The van der Waals surface area contributed by atoms with Gasteiger partial charge in [-0.3, -0.25) is 4.79 Å². The minimum absolute atomic E-state index is 0.0920. The Bertz CT molecular complexity index is 407. The molecule has 6 heteroatoms. The van der Waals surface area contributed by atoms with Crippen molar-refractivity contribution in [2.24, 2.45) is 5.73 Å². The number of hydrogen-bond donors (Lipinski definition) is 1. The Morgan fingerprint density at radius 1 is 1.53 bits per heavy atom. The molecule has 0 bridgehead atoms. The van der Waals surface area contributed by atoms with E-state index in [9.17, 15) is 4.79 Å². The van der Waals surface area contributed by atoms with E-state index < -0.39 is 5.54 Å². The van der Waals surface area contributed by atoms with Gasteiger partial charge in [-0.05, 0) is 12.8 Å². The summed E-state index contributed by atoms with van der Waals surface area (Å²) in [6.07, 6.45) is 2.06. The van der Waals surface area contributed by atoms with Crippen LogP contribution in [-0.4, -0.2) is 34.0 Å². The first-order chi connectivity index (χ1) is 8.05. The Morgan fingerprint density at radius 2 is 2.18 bits per heavy atom. The molecule has 0 atom stereocenters. The summed E-state index contributed by atoms with van der Waals surface area (Å²) in [5, 5.41) is 3.94. The average molecular weight is 238 g/mol. The number of likely N-dealkylation sites (tertiary alicyclic amines) is 1. The van der Waals surface area contributed by atoms with Gasteiger partial charge in [0.2, 0.25) is 11.8 Å². The van der Waals surface area contributed by atoms with Crippen LogP contribution in [0, 0.1) is 0 Å². The van der Waals surface area contributed by atoms with E-state index in [0.717, 1.165) is 0 Å². The third kappa shape index (κ3) is 2.31. The molecule has 6 nitrogen and oxygen atoms in total. The van der Waals surface area contributed by atoms with Crippen molar-refractivity contribution in [3.8, 4) is 0 Å². The first-order valence-corrected chi connectivity index (χ1v) is 5.92. The molecule has 17 heavy (non-hydrogen) atoms. The third-order valence-electron chi connectivity index (χ3n) is 3.32. The van der Waals surface area contributed by atoms with Crippen molar-refractivity contribution in [1.29, 1.82) is 0 Å². The van der Waals surface area contributed by atoms with Crippen LogP contribution in [0.25, 0.3) is 0 Å². The second kappa shape index (κ2) is 4.44. The van der Waals surface area contributed by atoms with E-state index in [2.05, 4.69) is 10.1 Å². The van der Waals surface area contributed by atoms with Crippen LogP contribution in [0.2, 0.25) is 0 Å². The van der Waals surface area contributed by atoms with Crippen molar-refractivity contribution < 1.29 is 9.32 Å². The molecular formula is C11H18N4O2. The van der Waals surface area contributed by atoms with Gasteiger partial charge < -0.3 is 15.2 Å². The first kappa shape index (κ1) is 12.0. The van der Waals surface area contributed by atoms with E-state index in [-0.39, 0.29) is 5.91 Å². The summed E-state index contributed by atoms with van der Waals surface area (Å²) >= 11 is 0. The highest BCUT2D eigenvalue weighted by Gasteiger charge is 2.37. The van der Waals surface area contributed by atoms with Gasteiger partial charge in [0.1, 0.15) is 0 Å². The Morgan fingerprint density at radius 3 is 2.65 bits per heavy atom. The fraction of sp³-hybridized carbons (Fsp3) is 0.727. The van der Waals surface area contributed by atoms with Gasteiger partial charge in [0.15, 0.2) is 5.82 Å². The van der Waals surface area contributed by atoms with Crippen molar-refractivity contribution in [1.82, 2.24) is 15.0 Å². The summed E-state index contributed by atoms with van der Waals surface area (Å²) in [4.78, 5) is 17.3. The molecule has 2 heterocycles. The molecule has 0 spiro atoms. The van der Waals surface area contributed by atoms with Gasteiger partial charge in [-0.1, -0.05) is 12.1 Å².